The van der Waals surface area contributed by atoms with E-state index in [0.29, 0.717) is 32.7 Å². The third-order valence-corrected chi connectivity index (χ3v) is 4.89. The summed E-state index contributed by atoms with van der Waals surface area (Å²) < 4.78 is 7.22. The van der Waals surface area contributed by atoms with Gasteiger partial charge in [-0.1, -0.05) is 23.2 Å². The second-order valence-electron chi connectivity index (χ2n) is 6.44. The van der Waals surface area contributed by atoms with Crippen molar-refractivity contribution in [1.29, 1.82) is 0 Å². The summed E-state index contributed by atoms with van der Waals surface area (Å²) in [5.41, 5.74) is 1.68. The lowest BCUT2D eigenvalue weighted by atomic mass is 10.1. The third-order valence-electron chi connectivity index (χ3n) is 4.26. The number of rotatable bonds is 5. The summed E-state index contributed by atoms with van der Waals surface area (Å²) >= 11 is 12.5. The molecule has 0 aliphatic heterocycles. The van der Waals surface area contributed by atoms with Gasteiger partial charge in [-0.2, -0.15) is 0 Å². The molecule has 2 aromatic carbocycles. The molecule has 0 atom stereocenters. The fourth-order valence-corrected chi connectivity index (χ4v) is 3.25. The minimum absolute atomic E-state index is 0.261. The number of hydrogen-bond donors (Lipinski definition) is 1. The van der Waals surface area contributed by atoms with Gasteiger partial charge < -0.3 is 19.5 Å². The van der Waals surface area contributed by atoms with Gasteiger partial charge in [-0.25, -0.2) is 0 Å². The van der Waals surface area contributed by atoms with Crippen molar-refractivity contribution < 1.29 is 14.3 Å². The van der Waals surface area contributed by atoms with E-state index in [1.165, 1.54) is 18.1 Å². The molecule has 0 aliphatic carbocycles. The van der Waals surface area contributed by atoms with Gasteiger partial charge in [-0.05, 0) is 36.4 Å². The van der Waals surface area contributed by atoms with Crippen molar-refractivity contribution in [2.45, 2.75) is 0 Å². The van der Waals surface area contributed by atoms with E-state index in [1.54, 1.807) is 38.4 Å². The van der Waals surface area contributed by atoms with Gasteiger partial charge in [0.25, 0.3) is 11.8 Å². The number of amides is 2. The van der Waals surface area contributed by atoms with Gasteiger partial charge in [0.05, 0.1) is 34.0 Å². The Bertz CT molecular complexity index is 1060. The SMILES string of the molecule is COc1cc(-n2cccc2)c(Cl)cc1C(=O)Nc1ccc(Cl)c(C(=O)N(C)C)c1. The van der Waals surface area contributed by atoms with Crippen molar-refractivity contribution in [2.75, 3.05) is 26.5 Å². The van der Waals surface area contributed by atoms with E-state index >= 15 is 0 Å². The molecule has 29 heavy (non-hydrogen) atoms. The Morgan fingerprint density at radius 3 is 2.31 bits per heavy atom. The lowest BCUT2D eigenvalue weighted by Gasteiger charge is -2.15. The van der Waals surface area contributed by atoms with E-state index in [0.717, 1.165) is 0 Å². The number of methoxy groups -OCH3 is 1. The molecule has 6 nitrogen and oxygen atoms in total. The highest BCUT2D eigenvalue weighted by Crippen LogP contribution is 2.31. The van der Waals surface area contributed by atoms with Crippen LogP contribution < -0.4 is 10.1 Å². The molecule has 0 radical (unpaired) electrons. The molecule has 3 rings (SSSR count). The van der Waals surface area contributed by atoms with Crippen molar-refractivity contribution in [3.05, 3.63) is 76.0 Å². The molecule has 8 heteroatoms. The minimum atomic E-state index is -0.423. The number of halogens is 2. The van der Waals surface area contributed by atoms with Gasteiger partial charge in [0.2, 0.25) is 0 Å². The summed E-state index contributed by atoms with van der Waals surface area (Å²) in [6.45, 7) is 0. The van der Waals surface area contributed by atoms with Crippen LogP contribution in [0.5, 0.6) is 5.75 Å². The number of hydrogen-bond acceptors (Lipinski definition) is 3. The average Bonchev–Trinajstić information content (AvgIpc) is 3.23. The van der Waals surface area contributed by atoms with Crippen LogP contribution in [-0.2, 0) is 0 Å². The van der Waals surface area contributed by atoms with Crippen molar-refractivity contribution in [2.24, 2.45) is 0 Å². The number of benzene rings is 2. The first kappa shape index (κ1) is 20.8. The molecule has 1 N–H and O–H groups in total. The zero-order valence-corrected chi connectivity index (χ0v) is 17.6. The molecule has 2 amide bonds. The zero-order valence-electron chi connectivity index (χ0n) is 16.1. The lowest BCUT2D eigenvalue weighted by Crippen LogP contribution is -2.22. The second-order valence-corrected chi connectivity index (χ2v) is 7.26. The van der Waals surface area contributed by atoms with E-state index in [2.05, 4.69) is 5.32 Å². The standard InChI is InChI=1S/C21H19Cl2N3O3/c1-25(2)21(28)14-10-13(6-7-16(14)22)24-20(27)15-11-17(23)18(12-19(15)29-3)26-8-4-5-9-26/h4-12H,1-3H3,(H,24,27). The van der Waals surface area contributed by atoms with Gasteiger partial charge >= 0.3 is 0 Å². The Labute approximate surface area is 178 Å². The van der Waals surface area contributed by atoms with Gasteiger partial charge in [0, 0.05) is 38.2 Å². The summed E-state index contributed by atoms with van der Waals surface area (Å²) in [6, 6.07) is 11.7. The van der Waals surface area contributed by atoms with Crippen LogP contribution in [-0.4, -0.2) is 42.5 Å². The van der Waals surface area contributed by atoms with E-state index in [9.17, 15) is 9.59 Å². The summed E-state index contributed by atoms with van der Waals surface area (Å²) in [4.78, 5) is 26.5. The van der Waals surface area contributed by atoms with Crippen LogP contribution in [0.2, 0.25) is 10.0 Å². The van der Waals surface area contributed by atoms with E-state index in [-0.39, 0.29) is 11.5 Å². The van der Waals surface area contributed by atoms with Crippen LogP contribution in [0.3, 0.4) is 0 Å². The number of anilines is 1. The number of carbonyl (C=O) groups excluding carboxylic acids is 2. The molecule has 0 unspecified atom stereocenters. The highest BCUT2D eigenvalue weighted by Gasteiger charge is 2.18. The van der Waals surface area contributed by atoms with Crippen LogP contribution in [0.25, 0.3) is 5.69 Å². The average molecular weight is 432 g/mol. The molecular weight excluding hydrogens is 413 g/mol. The predicted octanol–water partition coefficient (Wildman–Crippen LogP) is 4.75. The molecule has 0 saturated heterocycles. The maximum Gasteiger partial charge on any atom is 0.259 e. The Hall–Kier alpha value is -2.96. The Balaban J connectivity index is 1.92. The van der Waals surface area contributed by atoms with Gasteiger partial charge in [-0.3, -0.25) is 9.59 Å². The molecule has 150 valence electrons. The zero-order chi connectivity index (χ0) is 21.1. The highest BCUT2D eigenvalue weighted by molar-refractivity contribution is 6.34. The van der Waals surface area contributed by atoms with Crippen LogP contribution in [0.15, 0.2) is 54.9 Å². The monoisotopic (exact) mass is 431 g/mol. The molecule has 1 aromatic heterocycles. The number of ether oxygens (including phenoxy) is 1. The largest absolute Gasteiger partial charge is 0.496 e. The third kappa shape index (κ3) is 4.39. The van der Waals surface area contributed by atoms with Crippen molar-refractivity contribution in [3.63, 3.8) is 0 Å². The molecule has 0 saturated carbocycles. The molecule has 0 fully saturated rings. The minimum Gasteiger partial charge on any atom is -0.496 e. The van der Waals surface area contributed by atoms with Crippen molar-refractivity contribution >= 4 is 40.7 Å². The molecule has 3 aromatic rings. The van der Waals surface area contributed by atoms with Crippen LogP contribution in [0, 0.1) is 0 Å². The fraction of sp³-hybridized carbons (Fsp3) is 0.143. The predicted molar refractivity (Wildman–Crippen MR) is 115 cm³/mol. The first-order chi connectivity index (χ1) is 13.8. The molecule has 0 bridgehead atoms. The van der Waals surface area contributed by atoms with Gasteiger partial charge in [0.15, 0.2) is 0 Å². The van der Waals surface area contributed by atoms with Gasteiger partial charge in [-0.15, -0.1) is 0 Å². The normalized spacial score (nSPS) is 10.5. The van der Waals surface area contributed by atoms with Crippen LogP contribution in [0.1, 0.15) is 20.7 Å². The number of nitrogens with one attached hydrogen (secondary N) is 1. The van der Waals surface area contributed by atoms with E-state index in [1.807, 2.05) is 29.1 Å². The summed E-state index contributed by atoms with van der Waals surface area (Å²) in [6.07, 6.45) is 3.69. The number of aromatic nitrogens is 1. The summed E-state index contributed by atoms with van der Waals surface area (Å²) in [5.74, 6) is -0.315. The lowest BCUT2D eigenvalue weighted by molar-refractivity contribution is 0.0827. The number of carbonyl (C=O) groups is 2. The fourth-order valence-electron chi connectivity index (χ4n) is 2.79. The van der Waals surface area contributed by atoms with Crippen LogP contribution in [0.4, 0.5) is 5.69 Å². The van der Waals surface area contributed by atoms with Gasteiger partial charge in [0.1, 0.15) is 5.75 Å². The maximum atomic E-state index is 12.9. The maximum absolute atomic E-state index is 12.9. The summed E-state index contributed by atoms with van der Waals surface area (Å²) in [5, 5.41) is 3.46. The molecule has 1 heterocycles. The van der Waals surface area contributed by atoms with Crippen molar-refractivity contribution in [3.8, 4) is 11.4 Å². The second kappa shape index (κ2) is 8.59. The molecular formula is C21H19Cl2N3O3. The first-order valence-corrected chi connectivity index (χ1v) is 9.41. The Morgan fingerprint density at radius 2 is 1.69 bits per heavy atom. The van der Waals surface area contributed by atoms with E-state index in [4.69, 9.17) is 27.9 Å². The van der Waals surface area contributed by atoms with Crippen molar-refractivity contribution in [1.82, 2.24) is 9.47 Å². The van der Waals surface area contributed by atoms with Crippen LogP contribution >= 0.6 is 23.2 Å². The number of nitrogens with zero attached hydrogens (tertiary/aromatic N) is 2. The quantitative estimate of drug-likeness (QED) is 0.633. The topological polar surface area (TPSA) is 63.6 Å². The Morgan fingerprint density at radius 1 is 1.00 bits per heavy atom. The highest BCUT2D eigenvalue weighted by atomic mass is 35.5. The smallest absolute Gasteiger partial charge is 0.259 e. The first-order valence-electron chi connectivity index (χ1n) is 8.65. The molecule has 0 spiro atoms. The summed E-state index contributed by atoms with van der Waals surface area (Å²) in [7, 11) is 4.74. The molecule has 0 aliphatic rings. The van der Waals surface area contributed by atoms with E-state index < -0.39 is 5.91 Å². The Kier molecular flexibility index (Phi) is 6.15.